The van der Waals surface area contributed by atoms with Gasteiger partial charge in [-0.3, -0.25) is 4.98 Å². The van der Waals surface area contributed by atoms with Gasteiger partial charge in [0.1, 0.15) is 0 Å². The number of nitrogens with zero attached hydrogens (tertiary/aromatic N) is 5. The van der Waals surface area contributed by atoms with Crippen LogP contribution in [0.25, 0.3) is 10.9 Å². The fraction of sp³-hybridized carbons (Fsp3) is 0.182. The smallest absolute Gasteiger partial charge is 0.321 e. The number of hydrogen-bond donors (Lipinski definition) is 2. The number of guanidine groups is 1. The van der Waals surface area contributed by atoms with Crippen LogP contribution in [0, 0.1) is 11.5 Å². The van der Waals surface area contributed by atoms with Gasteiger partial charge in [-0.25, -0.2) is 4.79 Å². The molecule has 2 heterocycles. The summed E-state index contributed by atoms with van der Waals surface area (Å²) in [6, 6.07) is 16.4. The van der Waals surface area contributed by atoms with Gasteiger partial charge in [-0.1, -0.05) is 17.7 Å². The standard InChI is InChI=1S/C22H20ClN7O/c23-16-6-8-17(9-7-16)27-22(31)30-13-11-29(12-14-30)21(26-15-24)28-20-5-1-4-19-18(20)3-2-10-25-19/h1-10H,11-14H2,(H,26,28)(H,27,31). The molecule has 1 saturated heterocycles. The Balaban J connectivity index is 1.41. The van der Waals surface area contributed by atoms with Gasteiger partial charge < -0.3 is 20.4 Å². The molecular formula is C22H20ClN7O. The third kappa shape index (κ3) is 4.85. The van der Waals surface area contributed by atoms with Crippen molar-refractivity contribution in [2.24, 2.45) is 4.99 Å². The van der Waals surface area contributed by atoms with E-state index in [1.54, 1.807) is 35.4 Å². The Kier molecular flexibility index (Phi) is 6.15. The molecule has 0 saturated carbocycles. The first-order valence-electron chi connectivity index (χ1n) is 9.78. The molecule has 2 amide bonds. The fourth-order valence-electron chi connectivity index (χ4n) is 3.41. The molecule has 1 fully saturated rings. The molecule has 1 aliphatic heterocycles. The summed E-state index contributed by atoms with van der Waals surface area (Å²) in [4.78, 5) is 24.6. The number of benzene rings is 2. The molecule has 4 rings (SSSR count). The lowest BCUT2D eigenvalue weighted by Crippen LogP contribution is -2.53. The van der Waals surface area contributed by atoms with Crippen molar-refractivity contribution >= 4 is 45.9 Å². The number of nitrogens with one attached hydrogen (secondary N) is 2. The van der Waals surface area contributed by atoms with Gasteiger partial charge in [0.15, 0.2) is 0 Å². The summed E-state index contributed by atoms with van der Waals surface area (Å²) in [5, 5.41) is 16.9. The predicted molar refractivity (Wildman–Crippen MR) is 122 cm³/mol. The molecule has 0 atom stereocenters. The van der Waals surface area contributed by atoms with E-state index in [4.69, 9.17) is 11.6 Å². The van der Waals surface area contributed by atoms with Crippen LogP contribution in [0.2, 0.25) is 5.02 Å². The Morgan fingerprint density at radius 3 is 2.48 bits per heavy atom. The van der Waals surface area contributed by atoms with Crippen molar-refractivity contribution in [1.29, 1.82) is 5.26 Å². The summed E-state index contributed by atoms with van der Waals surface area (Å²) in [5.41, 5.74) is 2.37. The number of nitriles is 1. The molecule has 0 unspecified atom stereocenters. The van der Waals surface area contributed by atoms with Gasteiger partial charge in [0, 0.05) is 48.5 Å². The highest BCUT2D eigenvalue weighted by molar-refractivity contribution is 6.30. The monoisotopic (exact) mass is 433 g/mol. The molecule has 8 nitrogen and oxygen atoms in total. The van der Waals surface area contributed by atoms with Gasteiger partial charge in [0.05, 0.1) is 11.2 Å². The second-order valence-electron chi connectivity index (χ2n) is 6.95. The number of anilines is 2. The minimum Gasteiger partial charge on any atom is -0.338 e. The highest BCUT2D eigenvalue weighted by atomic mass is 35.5. The van der Waals surface area contributed by atoms with E-state index < -0.39 is 0 Å². The molecule has 2 aromatic carbocycles. The van der Waals surface area contributed by atoms with E-state index in [1.165, 1.54) is 0 Å². The van der Waals surface area contributed by atoms with Crippen LogP contribution in [0.1, 0.15) is 0 Å². The van der Waals surface area contributed by atoms with E-state index in [-0.39, 0.29) is 6.03 Å². The zero-order valence-electron chi connectivity index (χ0n) is 16.6. The Morgan fingerprint density at radius 1 is 1.00 bits per heavy atom. The number of carbonyl (C=O) groups is 1. The number of halogens is 1. The van der Waals surface area contributed by atoms with Crippen molar-refractivity contribution in [2.75, 3.05) is 36.8 Å². The summed E-state index contributed by atoms with van der Waals surface area (Å²) in [6.07, 6.45) is 3.61. The van der Waals surface area contributed by atoms with Crippen LogP contribution in [0.4, 0.5) is 16.2 Å². The van der Waals surface area contributed by atoms with Gasteiger partial charge in [-0.05, 0) is 48.5 Å². The molecule has 31 heavy (non-hydrogen) atoms. The molecule has 156 valence electrons. The second-order valence-corrected chi connectivity index (χ2v) is 7.38. The molecule has 2 N–H and O–H groups in total. The number of piperazine rings is 1. The summed E-state index contributed by atoms with van der Waals surface area (Å²) < 4.78 is 0. The first-order valence-corrected chi connectivity index (χ1v) is 10.2. The number of aliphatic imine (C=N–C) groups is 1. The van der Waals surface area contributed by atoms with Crippen LogP contribution in [0.3, 0.4) is 0 Å². The number of rotatable bonds is 2. The van der Waals surface area contributed by atoms with Crippen molar-refractivity contribution < 1.29 is 4.79 Å². The number of aromatic nitrogens is 1. The van der Waals surface area contributed by atoms with Gasteiger partial charge in [-0.15, -0.1) is 4.99 Å². The average Bonchev–Trinajstić information content (AvgIpc) is 2.80. The molecule has 0 bridgehead atoms. The van der Waals surface area contributed by atoms with Gasteiger partial charge in [0.2, 0.25) is 12.2 Å². The van der Waals surface area contributed by atoms with Gasteiger partial charge in [-0.2, -0.15) is 5.26 Å². The normalized spacial score (nSPS) is 14.3. The van der Waals surface area contributed by atoms with Crippen molar-refractivity contribution in [3.63, 3.8) is 0 Å². The number of carbonyl (C=O) groups excluding carboxylic acids is 1. The first kappa shape index (κ1) is 20.4. The molecule has 0 aliphatic carbocycles. The molecule has 1 aromatic heterocycles. The van der Waals surface area contributed by atoms with Crippen molar-refractivity contribution in [3.8, 4) is 6.19 Å². The van der Waals surface area contributed by atoms with Crippen LogP contribution in [-0.4, -0.2) is 53.0 Å². The average molecular weight is 434 g/mol. The first-order chi connectivity index (χ1) is 15.1. The quantitative estimate of drug-likeness (QED) is 0.362. The van der Waals surface area contributed by atoms with Crippen LogP contribution < -0.4 is 10.6 Å². The number of amides is 2. The molecule has 0 radical (unpaired) electrons. The maximum absolute atomic E-state index is 12.6. The third-order valence-electron chi connectivity index (χ3n) is 5.01. The van der Waals surface area contributed by atoms with Crippen LogP contribution in [0.15, 0.2) is 65.8 Å². The lowest BCUT2D eigenvalue weighted by Gasteiger charge is -2.36. The van der Waals surface area contributed by atoms with Gasteiger partial charge >= 0.3 is 6.03 Å². The van der Waals surface area contributed by atoms with E-state index in [1.807, 2.05) is 41.4 Å². The van der Waals surface area contributed by atoms with E-state index in [2.05, 4.69) is 20.6 Å². The Bertz CT molecular complexity index is 1140. The zero-order chi connectivity index (χ0) is 21.6. The molecular weight excluding hydrogens is 414 g/mol. The highest BCUT2D eigenvalue weighted by Crippen LogP contribution is 2.22. The molecule has 3 aromatic rings. The van der Waals surface area contributed by atoms with E-state index >= 15 is 0 Å². The van der Waals surface area contributed by atoms with E-state index in [0.29, 0.717) is 42.8 Å². The topological polar surface area (TPSA) is 96.7 Å². The number of urea groups is 1. The zero-order valence-corrected chi connectivity index (χ0v) is 17.4. The molecule has 1 aliphatic rings. The minimum atomic E-state index is -0.172. The lowest BCUT2D eigenvalue weighted by atomic mass is 10.2. The van der Waals surface area contributed by atoms with Crippen molar-refractivity contribution in [2.45, 2.75) is 0 Å². The second kappa shape index (κ2) is 9.32. The molecule has 9 heteroatoms. The SMILES string of the molecule is N#C/N=C(/Nc1cccc2ncccc12)N1CCN(C(=O)Nc2ccc(Cl)cc2)CC1. The maximum atomic E-state index is 12.6. The van der Waals surface area contributed by atoms with Gasteiger partial charge in [0.25, 0.3) is 0 Å². The predicted octanol–water partition coefficient (Wildman–Crippen LogP) is 3.99. The summed E-state index contributed by atoms with van der Waals surface area (Å²) in [5.74, 6) is 0.455. The maximum Gasteiger partial charge on any atom is 0.321 e. The van der Waals surface area contributed by atoms with Crippen LogP contribution in [-0.2, 0) is 0 Å². The van der Waals surface area contributed by atoms with Crippen LogP contribution in [0.5, 0.6) is 0 Å². The Labute approximate surface area is 184 Å². The number of hydrogen-bond acceptors (Lipinski definition) is 4. The summed E-state index contributed by atoms with van der Waals surface area (Å²) in [6.45, 7) is 2.10. The Hall–Kier alpha value is -3.83. The number of fused-ring (bicyclic) bond motifs is 1. The summed E-state index contributed by atoms with van der Waals surface area (Å²) in [7, 11) is 0. The largest absolute Gasteiger partial charge is 0.338 e. The van der Waals surface area contributed by atoms with Crippen molar-refractivity contribution in [1.82, 2.24) is 14.8 Å². The van der Waals surface area contributed by atoms with Crippen LogP contribution >= 0.6 is 11.6 Å². The minimum absolute atomic E-state index is 0.172. The fourth-order valence-corrected chi connectivity index (χ4v) is 3.54. The van der Waals surface area contributed by atoms with E-state index in [9.17, 15) is 10.1 Å². The highest BCUT2D eigenvalue weighted by Gasteiger charge is 2.24. The third-order valence-corrected chi connectivity index (χ3v) is 5.26. The summed E-state index contributed by atoms with van der Waals surface area (Å²) >= 11 is 5.89. The van der Waals surface area contributed by atoms with Crippen molar-refractivity contribution in [3.05, 3.63) is 65.8 Å². The van der Waals surface area contributed by atoms with E-state index in [0.717, 1.165) is 16.6 Å². The number of pyridine rings is 1. The molecule has 0 spiro atoms. The Morgan fingerprint density at radius 2 is 1.74 bits per heavy atom. The lowest BCUT2D eigenvalue weighted by molar-refractivity contribution is 0.181.